The summed E-state index contributed by atoms with van der Waals surface area (Å²) in [4.78, 5) is 26.0. The van der Waals surface area contributed by atoms with Crippen molar-refractivity contribution in [2.24, 2.45) is 0 Å². The van der Waals surface area contributed by atoms with Crippen LogP contribution in [0.2, 0.25) is 0 Å². The highest BCUT2D eigenvalue weighted by molar-refractivity contribution is 5.94. The first kappa shape index (κ1) is 19.5. The van der Waals surface area contributed by atoms with Gasteiger partial charge < -0.3 is 20.3 Å². The zero-order chi connectivity index (χ0) is 21.4. The van der Waals surface area contributed by atoms with Gasteiger partial charge in [0.25, 0.3) is 5.91 Å². The zero-order valence-corrected chi connectivity index (χ0v) is 17.5. The minimum atomic E-state index is -0.247. The van der Waals surface area contributed by atoms with Gasteiger partial charge in [-0.1, -0.05) is 30.3 Å². The number of ether oxygens (including phenoxy) is 1. The summed E-state index contributed by atoms with van der Waals surface area (Å²) >= 11 is 0. The van der Waals surface area contributed by atoms with Crippen LogP contribution in [0.3, 0.4) is 0 Å². The Balaban J connectivity index is 1.35. The number of amides is 1. The van der Waals surface area contributed by atoms with E-state index in [2.05, 4.69) is 23.0 Å². The van der Waals surface area contributed by atoms with Gasteiger partial charge in [0.05, 0.1) is 11.9 Å². The number of piperazine rings is 1. The SMILES string of the molecule is CN1CCN(C(=O)c2ccc(-c3cnc(N)c(C4Cc5ccccc5O4)n3)cc2)CC1. The number of anilines is 1. The normalized spacial score (nSPS) is 18.5. The number of nitrogens with two attached hydrogens (primary N) is 1. The van der Waals surface area contributed by atoms with Crippen LogP contribution in [0.4, 0.5) is 5.82 Å². The molecule has 0 aliphatic carbocycles. The summed E-state index contributed by atoms with van der Waals surface area (Å²) < 4.78 is 6.05. The van der Waals surface area contributed by atoms with Crippen molar-refractivity contribution < 1.29 is 9.53 Å². The monoisotopic (exact) mass is 415 g/mol. The summed E-state index contributed by atoms with van der Waals surface area (Å²) in [7, 11) is 2.08. The van der Waals surface area contributed by atoms with Gasteiger partial charge >= 0.3 is 0 Å². The molecule has 1 aromatic heterocycles. The highest BCUT2D eigenvalue weighted by Gasteiger charge is 2.28. The summed E-state index contributed by atoms with van der Waals surface area (Å²) in [5.74, 6) is 1.31. The largest absolute Gasteiger partial charge is 0.483 e. The lowest BCUT2D eigenvalue weighted by Gasteiger charge is -2.32. The zero-order valence-electron chi connectivity index (χ0n) is 17.5. The number of fused-ring (bicyclic) bond motifs is 1. The standard InChI is InChI=1S/C24H25N5O2/c1-28-10-12-29(13-11-28)24(30)17-8-6-16(7-9-17)19-15-26-23(25)22(27-19)21-14-18-4-2-3-5-20(18)31-21/h2-9,15,21H,10-14H2,1H3,(H2,25,26). The number of hydrogen-bond donors (Lipinski definition) is 1. The molecule has 2 aliphatic heterocycles. The van der Waals surface area contributed by atoms with Crippen molar-refractivity contribution in [3.8, 4) is 17.0 Å². The number of nitrogens with zero attached hydrogens (tertiary/aromatic N) is 4. The number of carbonyl (C=O) groups excluding carboxylic acids is 1. The number of carbonyl (C=O) groups is 1. The summed E-state index contributed by atoms with van der Waals surface area (Å²) in [6.45, 7) is 3.32. The summed E-state index contributed by atoms with van der Waals surface area (Å²) in [5.41, 5.74) is 10.2. The van der Waals surface area contributed by atoms with E-state index >= 15 is 0 Å². The second kappa shape index (κ2) is 8.00. The van der Waals surface area contributed by atoms with Crippen LogP contribution in [-0.2, 0) is 6.42 Å². The molecular weight excluding hydrogens is 390 g/mol. The molecule has 0 bridgehead atoms. The Hall–Kier alpha value is -3.45. The molecule has 3 aromatic rings. The lowest BCUT2D eigenvalue weighted by atomic mass is 10.1. The van der Waals surface area contributed by atoms with Crippen molar-refractivity contribution in [3.63, 3.8) is 0 Å². The van der Waals surface area contributed by atoms with Crippen molar-refractivity contribution in [3.05, 3.63) is 71.5 Å². The predicted molar refractivity (Wildman–Crippen MR) is 119 cm³/mol. The number of hydrogen-bond acceptors (Lipinski definition) is 6. The van der Waals surface area contributed by atoms with Crippen LogP contribution in [0, 0.1) is 0 Å². The molecule has 5 rings (SSSR count). The topological polar surface area (TPSA) is 84.6 Å². The predicted octanol–water partition coefficient (Wildman–Crippen LogP) is 2.79. The second-order valence-electron chi connectivity index (χ2n) is 8.12. The molecule has 1 atom stereocenters. The number of rotatable bonds is 3. The van der Waals surface area contributed by atoms with Gasteiger partial charge in [0, 0.05) is 43.7 Å². The summed E-state index contributed by atoms with van der Waals surface area (Å²) in [6.07, 6.45) is 2.14. The van der Waals surface area contributed by atoms with Crippen molar-refractivity contribution in [1.29, 1.82) is 0 Å². The molecule has 0 radical (unpaired) electrons. The van der Waals surface area contributed by atoms with Crippen LogP contribution >= 0.6 is 0 Å². The second-order valence-corrected chi connectivity index (χ2v) is 8.12. The maximum atomic E-state index is 12.8. The quantitative estimate of drug-likeness (QED) is 0.708. The van der Waals surface area contributed by atoms with Crippen molar-refractivity contribution in [2.45, 2.75) is 12.5 Å². The Morgan fingerprint density at radius 2 is 1.81 bits per heavy atom. The van der Waals surface area contributed by atoms with Crippen molar-refractivity contribution >= 4 is 11.7 Å². The third-order valence-electron chi connectivity index (χ3n) is 6.00. The van der Waals surface area contributed by atoms with Gasteiger partial charge in [-0.15, -0.1) is 0 Å². The first-order valence-electron chi connectivity index (χ1n) is 10.5. The van der Waals surface area contributed by atoms with Crippen molar-refractivity contribution in [2.75, 3.05) is 39.0 Å². The Bertz CT molecular complexity index is 1080. The Morgan fingerprint density at radius 1 is 1.06 bits per heavy atom. The molecule has 2 aromatic carbocycles. The maximum Gasteiger partial charge on any atom is 0.253 e. The number of aromatic nitrogens is 2. The van der Waals surface area contributed by atoms with Crippen LogP contribution < -0.4 is 10.5 Å². The van der Waals surface area contributed by atoms with E-state index in [4.69, 9.17) is 15.5 Å². The summed E-state index contributed by atoms with van der Waals surface area (Å²) in [6, 6.07) is 15.5. The van der Waals surface area contributed by atoms with E-state index in [-0.39, 0.29) is 12.0 Å². The molecule has 7 heteroatoms. The Morgan fingerprint density at radius 3 is 2.55 bits per heavy atom. The number of nitrogen functional groups attached to an aromatic ring is 1. The van der Waals surface area contributed by atoms with E-state index in [0.29, 0.717) is 22.8 Å². The van der Waals surface area contributed by atoms with Crippen LogP contribution in [0.5, 0.6) is 5.75 Å². The molecular formula is C24H25N5O2. The van der Waals surface area contributed by atoms with E-state index in [1.165, 1.54) is 0 Å². The molecule has 0 saturated carbocycles. The van der Waals surface area contributed by atoms with E-state index < -0.39 is 0 Å². The molecule has 2 N–H and O–H groups in total. The fourth-order valence-corrected chi connectivity index (χ4v) is 4.10. The van der Waals surface area contributed by atoms with Crippen molar-refractivity contribution in [1.82, 2.24) is 19.8 Å². The third kappa shape index (κ3) is 3.84. The van der Waals surface area contributed by atoms with Gasteiger partial charge in [0.1, 0.15) is 23.4 Å². The van der Waals surface area contributed by atoms with Gasteiger partial charge in [0.15, 0.2) is 0 Å². The van der Waals surface area contributed by atoms with E-state index in [0.717, 1.165) is 49.5 Å². The molecule has 7 nitrogen and oxygen atoms in total. The van der Waals surface area contributed by atoms with Crippen LogP contribution in [-0.4, -0.2) is 58.9 Å². The molecule has 158 valence electrons. The molecule has 1 unspecified atom stereocenters. The molecule has 31 heavy (non-hydrogen) atoms. The molecule has 2 aliphatic rings. The molecule has 1 fully saturated rings. The maximum absolute atomic E-state index is 12.8. The highest BCUT2D eigenvalue weighted by Crippen LogP contribution is 2.37. The van der Waals surface area contributed by atoms with Gasteiger partial charge in [-0.3, -0.25) is 4.79 Å². The lowest BCUT2D eigenvalue weighted by Crippen LogP contribution is -2.47. The van der Waals surface area contributed by atoms with E-state index in [1.807, 2.05) is 47.4 Å². The minimum absolute atomic E-state index is 0.0702. The average Bonchev–Trinajstić information content (AvgIpc) is 3.24. The molecule has 1 amide bonds. The number of benzene rings is 2. The van der Waals surface area contributed by atoms with E-state index in [1.54, 1.807) is 6.20 Å². The first-order chi connectivity index (χ1) is 15.1. The molecule has 3 heterocycles. The molecule has 1 saturated heterocycles. The number of para-hydroxylation sites is 1. The average molecular weight is 415 g/mol. The van der Waals surface area contributed by atoms with Crippen LogP contribution in [0.25, 0.3) is 11.3 Å². The lowest BCUT2D eigenvalue weighted by molar-refractivity contribution is 0.0664. The van der Waals surface area contributed by atoms with Gasteiger partial charge in [-0.25, -0.2) is 9.97 Å². The van der Waals surface area contributed by atoms with Gasteiger partial charge in [0.2, 0.25) is 0 Å². The third-order valence-corrected chi connectivity index (χ3v) is 6.00. The Kier molecular flexibility index (Phi) is 5.03. The Labute approximate surface area is 181 Å². The smallest absolute Gasteiger partial charge is 0.253 e. The number of likely N-dealkylation sites (N-methyl/N-ethyl adjacent to an activating group) is 1. The fraction of sp³-hybridized carbons (Fsp3) is 0.292. The van der Waals surface area contributed by atoms with Gasteiger partial charge in [-0.2, -0.15) is 0 Å². The first-order valence-corrected chi connectivity index (χ1v) is 10.5. The van der Waals surface area contributed by atoms with E-state index in [9.17, 15) is 4.79 Å². The highest BCUT2D eigenvalue weighted by atomic mass is 16.5. The molecule has 0 spiro atoms. The van der Waals surface area contributed by atoms with Gasteiger partial charge in [-0.05, 0) is 30.8 Å². The van der Waals surface area contributed by atoms with Crippen LogP contribution in [0.1, 0.15) is 27.7 Å². The minimum Gasteiger partial charge on any atom is -0.483 e. The summed E-state index contributed by atoms with van der Waals surface area (Å²) in [5, 5.41) is 0. The fourth-order valence-electron chi connectivity index (χ4n) is 4.10. The van der Waals surface area contributed by atoms with Crippen LogP contribution in [0.15, 0.2) is 54.7 Å².